The van der Waals surface area contributed by atoms with Gasteiger partial charge >= 0.3 is 0 Å². The first kappa shape index (κ1) is 17.1. The van der Waals surface area contributed by atoms with Gasteiger partial charge in [-0.15, -0.1) is 0 Å². The molecule has 0 bridgehead atoms. The van der Waals surface area contributed by atoms with Crippen molar-refractivity contribution in [2.45, 2.75) is 20.3 Å². The number of benzene rings is 3. The van der Waals surface area contributed by atoms with Crippen LogP contribution in [0, 0.1) is 5.41 Å². The summed E-state index contributed by atoms with van der Waals surface area (Å²) in [6, 6.07) is 19.6. The Hall–Kier alpha value is -2.32. The van der Waals surface area contributed by atoms with E-state index < -0.39 is 0 Å². The van der Waals surface area contributed by atoms with E-state index in [0.717, 1.165) is 18.7 Å². The van der Waals surface area contributed by atoms with Gasteiger partial charge in [0.2, 0.25) is 0 Å². The minimum atomic E-state index is 0.0887. The number of nitrogens with zero attached hydrogens (tertiary/aromatic N) is 1. The molecule has 2 heteroatoms. The maximum Gasteiger partial charge on any atom is 0.135 e. The molecule has 2 nitrogen and oxygen atoms in total. The Morgan fingerprint density at radius 3 is 2.50 bits per heavy atom. The fourth-order valence-corrected chi connectivity index (χ4v) is 4.25. The van der Waals surface area contributed by atoms with E-state index in [2.05, 4.69) is 87.4 Å². The summed E-state index contributed by atoms with van der Waals surface area (Å²) in [5.74, 6) is 1.05. The fourth-order valence-electron chi connectivity index (χ4n) is 4.25. The van der Waals surface area contributed by atoms with Crippen LogP contribution in [0.3, 0.4) is 0 Å². The van der Waals surface area contributed by atoms with Crippen LogP contribution in [0.25, 0.3) is 21.9 Å². The molecule has 0 unspecified atom stereocenters. The SMILES string of the molecule is CN(C)CC(C)(C)COc1c2c(cc3ccccc13)Cc1ccccc1-2. The Bertz CT molecular complexity index is 956. The van der Waals surface area contributed by atoms with Crippen molar-refractivity contribution in [3.05, 3.63) is 65.7 Å². The molecule has 0 aromatic heterocycles. The van der Waals surface area contributed by atoms with Gasteiger partial charge in [-0.1, -0.05) is 62.4 Å². The molecule has 0 aliphatic heterocycles. The first-order valence-corrected chi connectivity index (χ1v) is 9.35. The lowest BCUT2D eigenvalue weighted by atomic mass is 9.94. The Kier molecular flexibility index (Phi) is 4.24. The first-order valence-electron chi connectivity index (χ1n) is 9.35. The van der Waals surface area contributed by atoms with Gasteiger partial charge in [-0.05, 0) is 48.7 Å². The molecule has 0 saturated carbocycles. The van der Waals surface area contributed by atoms with Gasteiger partial charge in [-0.25, -0.2) is 0 Å². The van der Waals surface area contributed by atoms with Gasteiger partial charge in [0.25, 0.3) is 0 Å². The molecule has 134 valence electrons. The molecular weight excluding hydrogens is 318 g/mol. The van der Waals surface area contributed by atoms with Crippen molar-refractivity contribution in [3.8, 4) is 16.9 Å². The average Bonchev–Trinajstić information content (AvgIpc) is 2.95. The van der Waals surface area contributed by atoms with Gasteiger partial charge in [0.15, 0.2) is 0 Å². The minimum Gasteiger partial charge on any atom is -0.492 e. The summed E-state index contributed by atoms with van der Waals surface area (Å²) < 4.78 is 6.56. The van der Waals surface area contributed by atoms with E-state index >= 15 is 0 Å². The van der Waals surface area contributed by atoms with E-state index in [1.54, 1.807) is 0 Å². The van der Waals surface area contributed by atoms with Crippen LogP contribution in [0.2, 0.25) is 0 Å². The summed E-state index contributed by atoms with van der Waals surface area (Å²) >= 11 is 0. The van der Waals surface area contributed by atoms with Crippen molar-refractivity contribution in [1.82, 2.24) is 4.90 Å². The van der Waals surface area contributed by atoms with Crippen molar-refractivity contribution >= 4 is 10.8 Å². The summed E-state index contributed by atoms with van der Waals surface area (Å²) in [5, 5.41) is 2.48. The normalized spacial score (nSPS) is 13.1. The highest BCUT2D eigenvalue weighted by Gasteiger charge is 2.26. The molecule has 0 amide bonds. The molecule has 0 atom stereocenters. The highest BCUT2D eigenvalue weighted by molar-refractivity contribution is 5.99. The molecule has 26 heavy (non-hydrogen) atoms. The van der Waals surface area contributed by atoms with Gasteiger partial charge in [0.05, 0.1) is 6.61 Å². The molecule has 1 aliphatic rings. The van der Waals surface area contributed by atoms with E-state index in [1.165, 1.54) is 33.0 Å². The van der Waals surface area contributed by atoms with Crippen molar-refractivity contribution in [2.24, 2.45) is 5.41 Å². The van der Waals surface area contributed by atoms with Crippen LogP contribution in [0.1, 0.15) is 25.0 Å². The smallest absolute Gasteiger partial charge is 0.135 e. The second-order valence-corrected chi connectivity index (χ2v) is 8.49. The molecule has 0 spiro atoms. The predicted molar refractivity (Wildman–Crippen MR) is 110 cm³/mol. The maximum absolute atomic E-state index is 6.56. The Morgan fingerprint density at radius 1 is 0.962 bits per heavy atom. The monoisotopic (exact) mass is 345 g/mol. The molecule has 0 heterocycles. The third-order valence-electron chi connectivity index (χ3n) is 5.10. The summed E-state index contributed by atoms with van der Waals surface area (Å²) in [5.41, 5.74) is 5.49. The fraction of sp³-hybridized carbons (Fsp3) is 0.333. The number of hydrogen-bond donors (Lipinski definition) is 0. The highest BCUT2D eigenvalue weighted by atomic mass is 16.5. The number of ether oxygens (including phenoxy) is 1. The zero-order chi connectivity index (χ0) is 18.3. The Morgan fingerprint density at radius 2 is 1.69 bits per heavy atom. The maximum atomic E-state index is 6.56. The largest absolute Gasteiger partial charge is 0.492 e. The van der Waals surface area contributed by atoms with E-state index in [1.807, 2.05) is 0 Å². The number of hydrogen-bond acceptors (Lipinski definition) is 2. The molecule has 3 aromatic carbocycles. The van der Waals surface area contributed by atoms with Gasteiger partial charge < -0.3 is 9.64 Å². The second-order valence-electron chi connectivity index (χ2n) is 8.49. The Labute approximate surface area is 156 Å². The quantitative estimate of drug-likeness (QED) is 0.482. The van der Waals surface area contributed by atoms with Crippen LogP contribution >= 0.6 is 0 Å². The van der Waals surface area contributed by atoms with Gasteiger partial charge in [0.1, 0.15) is 5.75 Å². The zero-order valence-corrected chi connectivity index (χ0v) is 16.2. The third-order valence-corrected chi connectivity index (χ3v) is 5.10. The molecule has 0 fully saturated rings. The second kappa shape index (κ2) is 6.44. The molecule has 1 aliphatic carbocycles. The predicted octanol–water partition coefficient (Wildman–Crippen LogP) is 5.38. The molecule has 4 rings (SSSR count). The summed E-state index contributed by atoms with van der Waals surface area (Å²) in [6.45, 7) is 6.24. The lowest BCUT2D eigenvalue weighted by Gasteiger charge is -2.29. The zero-order valence-electron chi connectivity index (χ0n) is 16.2. The topological polar surface area (TPSA) is 12.5 Å². The van der Waals surface area contributed by atoms with Gasteiger partial charge in [-0.2, -0.15) is 0 Å². The molecular formula is C24H27NO. The third kappa shape index (κ3) is 3.10. The highest BCUT2D eigenvalue weighted by Crippen LogP contribution is 2.46. The summed E-state index contributed by atoms with van der Waals surface area (Å²) in [7, 11) is 4.24. The van der Waals surface area contributed by atoms with Crippen molar-refractivity contribution in [3.63, 3.8) is 0 Å². The Balaban J connectivity index is 1.81. The van der Waals surface area contributed by atoms with Gasteiger partial charge in [0, 0.05) is 22.9 Å². The minimum absolute atomic E-state index is 0.0887. The summed E-state index contributed by atoms with van der Waals surface area (Å²) in [6.07, 6.45) is 0.994. The molecule has 0 radical (unpaired) electrons. The van der Waals surface area contributed by atoms with Crippen LogP contribution in [-0.4, -0.2) is 32.1 Å². The number of rotatable bonds is 5. The first-order chi connectivity index (χ1) is 12.4. The van der Waals surface area contributed by atoms with E-state index in [9.17, 15) is 0 Å². The number of fused-ring (bicyclic) bond motifs is 4. The van der Waals surface area contributed by atoms with Crippen LogP contribution in [0.5, 0.6) is 5.75 Å². The average molecular weight is 345 g/mol. The molecule has 0 saturated heterocycles. The summed E-state index contributed by atoms with van der Waals surface area (Å²) in [4.78, 5) is 2.23. The van der Waals surface area contributed by atoms with E-state index in [-0.39, 0.29) is 5.41 Å². The molecule has 3 aromatic rings. The lowest BCUT2D eigenvalue weighted by molar-refractivity contribution is 0.143. The van der Waals surface area contributed by atoms with Crippen LogP contribution in [-0.2, 0) is 6.42 Å². The van der Waals surface area contributed by atoms with Gasteiger partial charge in [-0.3, -0.25) is 0 Å². The van der Waals surface area contributed by atoms with Crippen LogP contribution in [0.15, 0.2) is 54.6 Å². The lowest BCUT2D eigenvalue weighted by Crippen LogP contribution is -2.33. The van der Waals surface area contributed by atoms with Crippen LogP contribution < -0.4 is 4.74 Å². The van der Waals surface area contributed by atoms with Crippen molar-refractivity contribution in [2.75, 3.05) is 27.2 Å². The van der Waals surface area contributed by atoms with Crippen molar-refractivity contribution < 1.29 is 4.74 Å². The van der Waals surface area contributed by atoms with E-state index in [0.29, 0.717) is 6.61 Å². The van der Waals surface area contributed by atoms with Crippen molar-refractivity contribution in [1.29, 1.82) is 0 Å². The van der Waals surface area contributed by atoms with Crippen LogP contribution in [0.4, 0.5) is 0 Å². The standard InChI is InChI=1S/C24H27NO/c1-24(2,15-25(3)4)16-26-23-21-12-8-6-10-18(21)14-19-13-17-9-5-7-11-20(17)22(19)23/h5-12,14H,13,15-16H2,1-4H3. The molecule has 0 N–H and O–H groups in total. The van der Waals surface area contributed by atoms with E-state index in [4.69, 9.17) is 4.74 Å².